The number of carbonyl (C=O) groups is 2. The summed E-state index contributed by atoms with van der Waals surface area (Å²) in [6.07, 6.45) is 0.765. The third-order valence-electron chi connectivity index (χ3n) is 6.26. The minimum Gasteiger partial charge on any atom is -0.299 e. The summed E-state index contributed by atoms with van der Waals surface area (Å²) in [5.74, 6) is 1.16. The van der Waals surface area contributed by atoms with Gasteiger partial charge < -0.3 is 0 Å². The first-order chi connectivity index (χ1) is 14.0. The van der Waals surface area contributed by atoms with Gasteiger partial charge in [-0.05, 0) is 67.9 Å². The van der Waals surface area contributed by atoms with E-state index in [2.05, 4.69) is 11.8 Å². The third kappa shape index (κ3) is 4.06. The van der Waals surface area contributed by atoms with Crippen LogP contribution >= 0.6 is 0 Å². The van der Waals surface area contributed by atoms with E-state index in [1.165, 1.54) is 0 Å². The number of aryl methyl sites for hydroxylation is 2. The Labute approximate surface area is 175 Å². The molecule has 1 spiro atoms. The Morgan fingerprint density at radius 1 is 1.07 bits per heavy atom. The highest BCUT2D eigenvalue weighted by atomic mass is 32.2. The maximum atomic E-state index is 13.1. The number of sulfonamides is 1. The fourth-order valence-electron chi connectivity index (χ4n) is 4.84. The lowest BCUT2D eigenvalue weighted by Gasteiger charge is -2.44. The number of piperidine rings is 1. The van der Waals surface area contributed by atoms with Crippen LogP contribution in [0.25, 0.3) is 0 Å². The summed E-state index contributed by atoms with van der Waals surface area (Å²) in [7, 11) is -4.64. The van der Waals surface area contributed by atoms with E-state index in [1.807, 2.05) is 26.0 Å². The van der Waals surface area contributed by atoms with Gasteiger partial charge >= 0.3 is 5.76 Å². The molecule has 8 heteroatoms. The van der Waals surface area contributed by atoms with Gasteiger partial charge in [0.2, 0.25) is 0 Å². The van der Waals surface area contributed by atoms with E-state index >= 15 is 0 Å². The molecule has 2 fully saturated rings. The van der Waals surface area contributed by atoms with Crippen molar-refractivity contribution < 1.29 is 26.8 Å². The molecule has 0 unspecified atom stereocenters. The molecule has 1 aliphatic carbocycles. The van der Waals surface area contributed by atoms with Crippen LogP contribution in [0.3, 0.4) is 0 Å². The monoisotopic (exact) mass is 437 g/mol. The van der Waals surface area contributed by atoms with Crippen molar-refractivity contribution in [2.45, 2.75) is 58.1 Å². The zero-order valence-corrected chi connectivity index (χ0v) is 18.1. The van der Waals surface area contributed by atoms with E-state index in [0.717, 1.165) is 26.6 Å². The smallest absolute Gasteiger partial charge is 0.299 e. The van der Waals surface area contributed by atoms with E-state index in [4.69, 9.17) is 0 Å². The van der Waals surface area contributed by atoms with Gasteiger partial charge in [0.05, 0.1) is 0 Å². The molecule has 162 valence electrons. The van der Waals surface area contributed by atoms with Crippen molar-refractivity contribution in [1.82, 2.24) is 4.31 Å². The lowest BCUT2D eigenvalue weighted by Crippen LogP contribution is -2.49. The Hall–Kier alpha value is -2.11. The molecule has 0 radical (unpaired) electrons. The highest BCUT2D eigenvalue weighted by Gasteiger charge is 2.49. The second-order valence-electron chi connectivity index (χ2n) is 8.32. The number of ketones is 2. The summed E-state index contributed by atoms with van der Waals surface area (Å²) < 4.78 is 49.8. The van der Waals surface area contributed by atoms with Crippen molar-refractivity contribution in [3.63, 3.8) is 0 Å². The molecule has 1 aromatic carbocycles. The number of alkyl halides is 2. The number of hydrogen-bond donors (Lipinski definition) is 0. The van der Waals surface area contributed by atoms with Crippen LogP contribution in [-0.2, 0) is 19.6 Å². The average molecular weight is 438 g/mol. The molecule has 0 bridgehead atoms. The first-order valence-corrected chi connectivity index (χ1v) is 11.4. The molecule has 3 rings (SSSR count). The first kappa shape index (κ1) is 22.6. The second kappa shape index (κ2) is 8.20. The van der Waals surface area contributed by atoms with Crippen LogP contribution in [0.4, 0.5) is 8.78 Å². The van der Waals surface area contributed by atoms with Gasteiger partial charge in [-0.15, -0.1) is 5.92 Å². The summed E-state index contributed by atoms with van der Waals surface area (Å²) in [4.78, 5) is 26.2. The maximum absolute atomic E-state index is 13.1. The predicted molar refractivity (Wildman–Crippen MR) is 109 cm³/mol. The van der Waals surface area contributed by atoms with Crippen molar-refractivity contribution >= 4 is 21.6 Å². The van der Waals surface area contributed by atoms with Crippen molar-refractivity contribution in [2.24, 2.45) is 5.41 Å². The van der Waals surface area contributed by atoms with E-state index in [9.17, 15) is 26.8 Å². The minimum atomic E-state index is -4.64. The Balaban J connectivity index is 1.82. The normalized spacial score (nSPS) is 20.5. The van der Waals surface area contributed by atoms with E-state index in [-0.39, 0.29) is 50.3 Å². The van der Waals surface area contributed by atoms with Crippen LogP contribution in [0.2, 0.25) is 0 Å². The Morgan fingerprint density at radius 2 is 1.57 bits per heavy atom. The Kier molecular flexibility index (Phi) is 6.17. The van der Waals surface area contributed by atoms with Gasteiger partial charge in [-0.3, -0.25) is 9.59 Å². The van der Waals surface area contributed by atoms with E-state index in [0.29, 0.717) is 0 Å². The van der Waals surface area contributed by atoms with Crippen LogP contribution in [0, 0.1) is 31.1 Å². The van der Waals surface area contributed by atoms with Gasteiger partial charge in [-0.1, -0.05) is 5.92 Å². The molecule has 0 atom stereocenters. The number of rotatable bonds is 3. The SMILES string of the molecule is CC#Cc1cc(C)c(C2C(=O)CC3(CCN(S(=O)(=O)C(F)F)CC3)CC2=O)c(C)c1. The first-order valence-electron chi connectivity index (χ1n) is 9.87. The molecule has 1 aromatic rings. The van der Waals surface area contributed by atoms with Crippen LogP contribution in [0.5, 0.6) is 0 Å². The molecular weight excluding hydrogens is 412 g/mol. The van der Waals surface area contributed by atoms with Gasteiger partial charge in [0, 0.05) is 31.5 Å². The summed E-state index contributed by atoms with van der Waals surface area (Å²) in [6, 6.07) is 3.74. The molecule has 0 aromatic heterocycles. The van der Waals surface area contributed by atoms with Crippen LogP contribution in [-0.4, -0.2) is 43.1 Å². The topological polar surface area (TPSA) is 71.5 Å². The fraction of sp³-hybridized carbons (Fsp3) is 0.545. The summed E-state index contributed by atoms with van der Waals surface area (Å²) in [6.45, 7) is 5.27. The Bertz CT molecular complexity index is 1000. The van der Waals surface area contributed by atoms with Crippen molar-refractivity contribution in [3.8, 4) is 11.8 Å². The van der Waals surface area contributed by atoms with Gasteiger partial charge in [0.25, 0.3) is 10.0 Å². The van der Waals surface area contributed by atoms with Crippen LogP contribution in [0.15, 0.2) is 12.1 Å². The molecule has 1 saturated carbocycles. The molecule has 1 saturated heterocycles. The number of Topliss-reactive ketones (excluding diaryl/α,β-unsaturated/α-hetero) is 2. The summed E-state index contributed by atoms with van der Waals surface area (Å²) in [5, 5.41) is 0. The zero-order valence-electron chi connectivity index (χ0n) is 17.3. The molecular formula is C22H25F2NO4S. The lowest BCUT2D eigenvalue weighted by atomic mass is 9.63. The summed E-state index contributed by atoms with van der Waals surface area (Å²) in [5.41, 5.74) is 2.59. The van der Waals surface area contributed by atoms with Gasteiger partial charge in [0.1, 0.15) is 17.5 Å². The highest BCUT2D eigenvalue weighted by molar-refractivity contribution is 7.89. The third-order valence-corrected chi connectivity index (χ3v) is 7.80. The summed E-state index contributed by atoms with van der Waals surface area (Å²) >= 11 is 0. The standard InChI is InChI=1S/C22H25F2NO4S/c1-4-5-16-10-14(2)19(15(3)11-16)20-17(26)12-22(13-18(20)27)6-8-25(9-7-22)30(28,29)21(23)24/h10-11,20-21H,6-9,12-13H2,1-3H3. The zero-order chi connectivity index (χ0) is 22.3. The lowest BCUT2D eigenvalue weighted by molar-refractivity contribution is -0.138. The van der Waals surface area contributed by atoms with Gasteiger partial charge in [-0.25, -0.2) is 8.42 Å². The fourth-order valence-corrected chi connectivity index (χ4v) is 5.75. The molecule has 0 amide bonds. The number of benzene rings is 1. The van der Waals surface area contributed by atoms with Gasteiger partial charge in [0.15, 0.2) is 0 Å². The Morgan fingerprint density at radius 3 is 2.00 bits per heavy atom. The number of hydrogen-bond acceptors (Lipinski definition) is 4. The number of carbonyl (C=O) groups excluding carboxylic acids is 2. The van der Waals surface area contributed by atoms with Crippen molar-refractivity contribution in [2.75, 3.05) is 13.1 Å². The average Bonchev–Trinajstić information content (AvgIpc) is 2.64. The molecule has 1 heterocycles. The van der Waals surface area contributed by atoms with Crippen LogP contribution < -0.4 is 0 Å². The van der Waals surface area contributed by atoms with Crippen LogP contribution in [0.1, 0.15) is 60.8 Å². The van der Waals surface area contributed by atoms with Crippen molar-refractivity contribution in [1.29, 1.82) is 0 Å². The second-order valence-corrected chi connectivity index (χ2v) is 10.2. The van der Waals surface area contributed by atoms with E-state index < -0.39 is 27.1 Å². The quantitative estimate of drug-likeness (QED) is 0.537. The molecule has 30 heavy (non-hydrogen) atoms. The number of nitrogens with zero attached hydrogens (tertiary/aromatic N) is 1. The minimum absolute atomic E-state index is 0.0969. The molecule has 2 aliphatic rings. The number of halogens is 2. The largest absolute Gasteiger partial charge is 0.350 e. The highest BCUT2D eigenvalue weighted by Crippen LogP contribution is 2.47. The van der Waals surface area contributed by atoms with Crippen molar-refractivity contribution in [3.05, 3.63) is 34.4 Å². The molecule has 5 nitrogen and oxygen atoms in total. The predicted octanol–water partition coefficient (Wildman–Crippen LogP) is 3.33. The molecule has 0 N–H and O–H groups in total. The van der Waals surface area contributed by atoms with E-state index in [1.54, 1.807) is 6.92 Å². The maximum Gasteiger partial charge on any atom is 0.350 e. The van der Waals surface area contributed by atoms with Gasteiger partial charge in [-0.2, -0.15) is 13.1 Å². The molecule has 1 aliphatic heterocycles.